The first-order chi connectivity index (χ1) is 10.0. The molecule has 2 heteroatoms. The van der Waals surface area contributed by atoms with Gasteiger partial charge in [0.05, 0.1) is 0 Å². The van der Waals surface area contributed by atoms with E-state index >= 15 is 0 Å². The van der Waals surface area contributed by atoms with E-state index in [2.05, 4.69) is 62.2 Å². The van der Waals surface area contributed by atoms with Crippen molar-refractivity contribution in [2.75, 3.05) is 24.5 Å². The molecule has 1 N–H and O–H groups in total. The maximum Gasteiger partial charge on any atom is 0.0398 e. The number of benzene rings is 1. The number of rotatable bonds is 5. The zero-order chi connectivity index (χ0) is 15.3. The number of aryl methyl sites for hydroxylation is 1. The molecular weight excluding hydrogens is 256 g/mol. The highest BCUT2D eigenvalue weighted by molar-refractivity contribution is 5.54. The molecule has 21 heavy (non-hydrogen) atoms. The van der Waals surface area contributed by atoms with Gasteiger partial charge in [0.1, 0.15) is 0 Å². The minimum atomic E-state index is 0.321. The summed E-state index contributed by atoms with van der Waals surface area (Å²) >= 11 is 0. The van der Waals surface area contributed by atoms with Crippen LogP contribution in [0.2, 0.25) is 0 Å². The molecule has 0 aliphatic carbocycles. The number of nitrogens with one attached hydrogen (secondary N) is 1. The maximum absolute atomic E-state index is 3.68. The Kier molecular flexibility index (Phi) is 5.69. The molecule has 1 atom stereocenters. The molecule has 0 spiro atoms. The maximum atomic E-state index is 3.68. The number of hydrogen-bond acceptors (Lipinski definition) is 2. The minimum absolute atomic E-state index is 0.321. The Morgan fingerprint density at radius 1 is 1.19 bits per heavy atom. The van der Waals surface area contributed by atoms with Crippen molar-refractivity contribution in [3.8, 4) is 0 Å². The third-order valence-corrected chi connectivity index (χ3v) is 4.64. The summed E-state index contributed by atoms with van der Waals surface area (Å²) in [6, 6.07) is 9.55. The predicted molar refractivity (Wildman–Crippen MR) is 93.1 cm³/mol. The fraction of sp³-hybridized carbons (Fsp3) is 0.684. The molecule has 118 valence electrons. The normalized spacial score (nSPS) is 17.2. The zero-order valence-corrected chi connectivity index (χ0v) is 14.3. The van der Waals surface area contributed by atoms with Gasteiger partial charge >= 0.3 is 0 Å². The van der Waals surface area contributed by atoms with Crippen LogP contribution in [0.1, 0.15) is 52.5 Å². The highest BCUT2D eigenvalue weighted by Gasteiger charge is 2.24. The van der Waals surface area contributed by atoms with Crippen molar-refractivity contribution in [1.82, 2.24) is 5.32 Å². The number of fused-ring (bicyclic) bond motifs is 1. The first kappa shape index (κ1) is 16.4. The van der Waals surface area contributed by atoms with Crippen molar-refractivity contribution in [1.29, 1.82) is 0 Å². The van der Waals surface area contributed by atoms with Crippen LogP contribution in [0.3, 0.4) is 0 Å². The molecule has 0 aromatic heterocycles. The average Bonchev–Trinajstić information content (AvgIpc) is 2.64. The predicted octanol–water partition coefficient (Wildman–Crippen LogP) is 4.24. The van der Waals surface area contributed by atoms with E-state index in [1.807, 2.05) is 0 Å². The van der Waals surface area contributed by atoms with Crippen LogP contribution < -0.4 is 10.2 Å². The van der Waals surface area contributed by atoms with E-state index in [-0.39, 0.29) is 0 Å². The molecule has 0 saturated heterocycles. The van der Waals surface area contributed by atoms with E-state index in [9.17, 15) is 0 Å². The van der Waals surface area contributed by atoms with E-state index in [4.69, 9.17) is 0 Å². The fourth-order valence-electron chi connectivity index (χ4n) is 3.37. The molecule has 1 aliphatic rings. The van der Waals surface area contributed by atoms with Gasteiger partial charge in [-0.3, -0.25) is 0 Å². The molecule has 1 heterocycles. The molecule has 1 unspecified atom stereocenters. The summed E-state index contributed by atoms with van der Waals surface area (Å²) in [6.07, 6.45) is 5.09. The summed E-state index contributed by atoms with van der Waals surface area (Å²) in [5.41, 5.74) is 3.33. The molecule has 0 fully saturated rings. The molecule has 1 aliphatic heterocycles. The second-order valence-corrected chi connectivity index (χ2v) is 7.34. The molecule has 0 saturated carbocycles. The second kappa shape index (κ2) is 7.31. The van der Waals surface area contributed by atoms with E-state index in [0.29, 0.717) is 11.5 Å². The minimum Gasteiger partial charge on any atom is -0.371 e. The van der Waals surface area contributed by atoms with E-state index in [1.165, 1.54) is 43.5 Å². The highest BCUT2D eigenvalue weighted by atomic mass is 15.1. The standard InChI is InChI=1S/C19H32N2/c1-5-20-18(19(2,3)4)13-15-21-14-9-8-11-16-10-6-7-12-17(16)21/h6-7,10,12,18,20H,5,8-9,11,13-15H2,1-4H3. The lowest BCUT2D eigenvalue weighted by molar-refractivity contribution is 0.259. The van der Waals surface area contributed by atoms with Gasteiger partial charge in [0.2, 0.25) is 0 Å². The SMILES string of the molecule is CCNC(CCN1CCCCc2ccccc21)C(C)(C)C. The number of para-hydroxylation sites is 1. The molecular formula is C19H32N2. The van der Waals surface area contributed by atoms with Gasteiger partial charge in [-0.05, 0) is 49.3 Å². The van der Waals surface area contributed by atoms with Crippen LogP contribution in [0.25, 0.3) is 0 Å². The Bertz CT molecular complexity index is 433. The van der Waals surface area contributed by atoms with Gasteiger partial charge < -0.3 is 10.2 Å². The molecule has 0 radical (unpaired) electrons. The van der Waals surface area contributed by atoms with Crippen LogP contribution >= 0.6 is 0 Å². The number of anilines is 1. The van der Waals surface area contributed by atoms with Gasteiger partial charge in [-0.1, -0.05) is 45.9 Å². The second-order valence-electron chi connectivity index (χ2n) is 7.34. The third-order valence-electron chi connectivity index (χ3n) is 4.64. The summed E-state index contributed by atoms with van der Waals surface area (Å²) in [6.45, 7) is 12.7. The Morgan fingerprint density at radius 2 is 1.95 bits per heavy atom. The van der Waals surface area contributed by atoms with E-state index in [0.717, 1.165) is 13.1 Å². The largest absolute Gasteiger partial charge is 0.371 e. The topological polar surface area (TPSA) is 15.3 Å². The zero-order valence-electron chi connectivity index (χ0n) is 14.3. The molecule has 1 aromatic carbocycles. The van der Waals surface area contributed by atoms with Crippen LogP contribution in [0.4, 0.5) is 5.69 Å². The van der Waals surface area contributed by atoms with Crippen LogP contribution in [0.15, 0.2) is 24.3 Å². The molecule has 0 bridgehead atoms. The van der Waals surface area contributed by atoms with Gasteiger partial charge in [0.25, 0.3) is 0 Å². The lowest BCUT2D eigenvalue weighted by Crippen LogP contribution is -2.43. The molecule has 2 rings (SSSR count). The lowest BCUT2D eigenvalue weighted by atomic mass is 9.84. The van der Waals surface area contributed by atoms with Gasteiger partial charge in [0.15, 0.2) is 0 Å². The Labute approximate surface area is 130 Å². The Morgan fingerprint density at radius 3 is 2.67 bits per heavy atom. The highest BCUT2D eigenvalue weighted by Crippen LogP contribution is 2.28. The molecule has 2 nitrogen and oxygen atoms in total. The Hall–Kier alpha value is -1.02. The summed E-state index contributed by atoms with van der Waals surface area (Å²) in [5.74, 6) is 0. The van der Waals surface area contributed by atoms with Crippen molar-refractivity contribution in [2.45, 2.75) is 59.4 Å². The van der Waals surface area contributed by atoms with Crippen LogP contribution in [-0.2, 0) is 6.42 Å². The monoisotopic (exact) mass is 288 g/mol. The quantitative estimate of drug-likeness (QED) is 0.871. The molecule has 1 aromatic rings. The first-order valence-electron chi connectivity index (χ1n) is 8.58. The smallest absolute Gasteiger partial charge is 0.0398 e. The van der Waals surface area contributed by atoms with Crippen LogP contribution in [0, 0.1) is 5.41 Å². The third kappa shape index (κ3) is 4.47. The molecule has 0 amide bonds. The van der Waals surface area contributed by atoms with Gasteiger partial charge in [0, 0.05) is 24.8 Å². The summed E-state index contributed by atoms with van der Waals surface area (Å²) in [4.78, 5) is 2.61. The van der Waals surface area contributed by atoms with Crippen molar-refractivity contribution in [2.24, 2.45) is 5.41 Å². The summed E-state index contributed by atoms with van der Waals surface area (Å²) in [7, 11) is 0. The van der Waals surface area contributed by atoms with Gasteiger partial charge in [-0.2, -0.15) is 0 Å². The van der Waals surface area contributed by atoms with E-state index < -0.39 is 0 Å². The van der Waals surface area contributed by atoms with Gasteiger partial charge in [-0.25, -0.2) is 0 Å². The summed E-state index contributed by atoms with van der Waals surface area (Å²) in [5, 5.41) is 3.68. The first-order valence-corrected chi connectivity index (χ1v) is 8.58. The van der Waals surface area contributed by atoms with Gasteiger partial charge in [-0.15, -0.1) is 0 Å². The summed E-state index contributed by atoms with van der Waals surface area (Å²) < 4.78 is 0. The van der Waals surface area contributed by atoms with Crippen LogP contribution in [0.5, 0.6) is 0 Å². The lowest BCUT2D eigenvalue weighted by Gasteiger charge is -2.34. The number of nitrogens with zero attached hydrogens (tertiary/aromatic N) is 1. The fourth-order valence-corrected chi connectivity index (χ4v) is 3.37. The van der Waals surface area contributed by atoms with E-state index in [1.54, 1.807) is 0 Å². The van der Waals surface area contributed by atoms with Crippen molar-refractivity contribution < 1.29 is 0 Å². The Balaban J connectivity index is 2.05. The van der Waals surface area contributed by atoms with Crippen molar-refractivity contribution >= 4 is 5.69 Å². The average molecular weight is 288 g/mol. The number of hydrogen-bond donors (Lipinski definition) is 1. The van der Waals surface area contributed by atoms with Crippen molar-refractivity contribution in [3.63, 3.8) is 0 Å². The van der Waals surface area contributed by atoms with Crippen molar-refractivity contribution in [3.05, 3.63) is 29.8 Å². The van der Waals surface area contributed by atoms with Crippen LogP contribution in [-0.4, -0.2) is 25.7 Å².